The van der Waals surface area contributed by atoms with Crippen LogP contribution in [-0.4, -0.2) is 55.5 Å². The van der Waals surface area contributed by atoms with Gasteiger partial charge in [0.25, 0.3) is 0 Å². The van der Waals surface area contributed by atoms with Crippen molar-refractivity contribution in [2.24, 2.45) is 11.8 Å². The molecule has 2 aromatic rings. The zero-order valence-corrected chi connectivity index (χ0v) is 25.4. The normalized spacial score (nSPS) is 21.6. The molecule has 0 aliphatic carbocycles. The zero-order chi connectivity index (χ0) is 29.8. The van der Waals surface area contributed by atoms with Crippen LogP contribution < -0.4 is 26.0 Å². The van der Waals surface area contributed by atoms with Crippen molar-refractivity contribution in [1.29, 1.82) is 0 Å². The number of carbonyl (C=O) groups excluding carboxylic acids is 3. The van der Waals surface area contributed by atoms with E-state index in [1.54, 1.807) is 0 Å². The maximum atomic E-state index is 13.6. The van der Waals surface area contributed by atoms with Crippen molar-refractivity contribution in [2.75, 3.05) is 19.7 Å². The molecule has 0 spiro atoms. The van der Waals surface area contributed by atoms with Gasteiger partial charge in [0.2, 0.25) is 17.7 Å². The highest BCUT2D eigenvalue weighted by Gasteiger charge is 2.31. The van der Waals surface area contributed by atoms with E-state index in [4.69, 9.17) is 16.3 Å². The van der Waals surface area contributed by atoms with Crippen molar-refractivity contribution in [3.05, 3.63) is 64.7 Å². The summed E-state index contributed by atoms with van der Waals surface area (Å²) in [6, 6.07) is 14.0. The first-order valence-corrected chi connectivity index (χ1v) is 15.1. The summed E-state index contributed by atoms with van der Waals surface area (Å²) in [5.74, 6) is -0.553. The van der Waals surface area contributed by atoms with Gasteiger partial charge in [0.05, 0.1) is 6.61 Å². The van der Waals surface area contributed by atoms with Gasteiger partial charge in [-0.1, -0.05) is 69.6 Å². The summed E-state index contributed by atoms with van der Waals surface area (Å²) in [5.41, 5.74) is 2.06. The molecule has 3 rings (SSSR count). The Morgan fingerprint density at radius 1 is 0.927 bits per heavy atom. The fourth-order valence-corrected chi connectivity index (χ4v) is 4.96. The van der Waals surface area contributed by atoms with E-state index in [1.165, 1.54) is 0 Å². The molecular weight excluding hydrogens is 540 g/mol. The van der Waals surface area contributed by atoms with Crippen molar-refractivity contribution in [2.45, 2.75) is 77.9 Å². The molecule has 1 heterocycles. The van der Waals surface area contributed by atoms with E-state index in [9.17, 15) is 14.4 Å². The first kappa shape index (κ1) is 32.4. The standard InChI is InChI=1S/C32H45ClN4O4/c1-21(2)29-32(40)36-27(20-35-22(3)4)31(39)34-17-7-10-24-9-5-6-12-28(24)41-18-8-11-25(30(38)37-29)19-23-13-15-26(33)16-14-23/h5-6,9,12-16,21-22,25,27,29,35H,7-8,10-11,17-20H2,1-4H3,(H,34,39)(H,36,40)(H,37,38)/t25-,27+,29-/m1/s1. The Hall–Kier alpha value is -3.10. The summed E-state index contributed by atoms with van der Waals surface area (Å²) in [7, 11) is 0. The molecule has 0 fully saturated rings. The third-order valence-corrected chi connectivity index (χ3v) is 7.48. The van der Waals surface area contributed by atoms with Gasteiger partial charge in [0.15, 0.2) is 0 Å². The van der Waals surface area contributed by atoms with Gasteiger partial charge < -0.3 is 26.0 Å². The monoisotopic (exact) mass is 584 g/mol. The number of para-hydroxylation sites is 1. The van der Waals surface area contributed by atoms with E-state index in [1.807, 2.05) is 76.2 Å². The van der Waals surface area contributed by atoms with E-state index in [0.29, 0.717) is 37.4 Å². The minimum Gasteiger partial charge on any atom is -0.493 e. The van der Waals surface area contributed by atoms with Crippen LogP contribution in [0.5, 0.6) is 5.75 Å². The van der Waals surface area contributed by atoms with Crippen LogP contribution in [0.3, 0.4) is 0 Å². The molecule has 0 aromatic heterocycles. The number of halogens is 1. The molecule has 0 unspecified atom stereocenters. The number of ether oxygens (including phenoxy) is 1. The minimum absolute atomic E-state index is 0.137. The van der Waals surface area contributed by atoms with Gasteiger partial charge in [-0.05, 0) is 67.3 Å². The predicted molar refractivity (Wildman–Crippen MR) is 163 cm³/mol. The second kappa shape index (κ2) is 16.4. The second-order valence-electron chi connectivity index (χ2n) is 11.4. The molecule has 8 nitrogen and oxygen atoms in total. The zero-order valence-electron chi connectivity index (χ0n) is 24.7. The quantitative estimate of drug-likeness (QED) is 0.410. The molecule has 0 saturated carbocycles. The topological polar surface area (TPSA) is 109 Å². The van der Waals surface area contributed by atoms with E-state index in [-0.39, 0.29) is 42.1 Å². The molecule has 9 heteroatoms. The number of aryl methyl sites for hydroxylation is 1. The summed E-state index contributed by atoms with van der Waals surface area (Å²) < 4.78 is 6.14. The number of rotatable bonds is 6. The van der Waals surface area contributed by atoms with Gasteiger partial charge in [-0.25, -0.2) is 0 Å². The Balaban J connectivity index is 1.86. The number of hydrogen-bond acceptors (Lipinski definition) is 5. The van der Waals surface area contributed by atoms with Crippen molar-refractivity contribution < 1.29 is 19.1 Å². The van der Waals surface area contributed by atoms with Crippen LogP contribution in [0, 0.1) is 11.8 Å². The van der Waals surface area contributed by atoms with Crippen LogP contribution in [-0.2, 0) is 27.2 Å². The van der Waals surface area contributed by atoms with Crippen molar-refractivity contribution in [1.82, 2.24) is 21.3 Å². The number of nitrogens with one attached hydrogen (secondary N) is 4. The first-order valence-electron chi connectivity index (χ1n) is 14.7. The van der Waals surface area contributed by atoms with Crippen molar-refractivity contribution >= 4 is 29.3 Å². The number of amides is 3. The Morgan fingerprint density at radius 3 is 2.37 bits per heavy atom. The average molecular weight is 585 g/mol. The molecule has 0 saturated heterocycles. The lowest BCUT2D eigenvalue weighted by atomic mass is 9.92. The smallest absolute Gasteiger partial charge is 0.243 e. The Kier molecular flexibility index (Phi) is 12.9. The fraction of sp³-hybridized carbons (Fsp3) is 0.531. The van der Waals surface area contributed by atoms with Crippen LogP contribution in [0.15, 0.2) is 48.5 Å². The third-order valence-electron chi connectivity index (χ3n) is 7.23. The number of fused-ring (bicyclic) bond motifs is 1. The lowest BCUT2D eigenvalue weighted by Crippen LogP contribution is -2.58. The largest absolute Gasteiger partial charge is 0.493 e. The molecular formula is C32H45ClN4O4. The fourth-order valence-electron chi connectivity index (χ4n) is 4.84. The number of carbonyl (C=O) groups is 3. The molecule has 3 amide bonds. The molecule has 0 radical (unpaired) electrons. The predicted octanol–water partition coefficient (Wildman–Crippen LogP) is 4.04. The summed E-state index contributed by atoms with van der Waals surface area (Å²) >= 11 is 6.08. The van der Waals surface area contributed by atoms with Crippen LogP contribution in [0.1, 0.15) is 58.1 Å². The molecule has 3 atom stereocenters. The maximum absolute atomic E-state index is 13.6. The lowest BCUT2D eigenvalue weighted by molar-refractivity contribution is -0.134. The van der Waals surface area contributed by atoms with E-state index in [2.05, 4.69) is 21.3 Å². The highest BCUT2D eigenvalue weighted by Crippen LogP contribution is 2.22. The Labute approximate surface area is 249 Å². The second-order valence-corrected chi connectivity index (χ2v) is 11.8. The van der Waals surface area contributed by atoms with Crippen LogP contribution in [0.25, 0.3) is 0 Å². The molecule has 4 N–H and O–H groups in total. The molecule has 0 bridgehead atoms. The first-order chi connectivity index (χ1) is 19.6. The highest BCUT2D eigenvalue weighted by molar-refractivity contribution is 6.30. The van der Waals surface area contributed by atoms with Crippen LogP contribution >= 0.6 is 11.6 Å². The van der Waals surface area contributed by atoms with Gasteiger partial charge in [0.1, 0.15) is 17.8 Å². The SMILES string of the molecule is CC(C)NC[C@@H]1NC(=O)[C@@H](C(C)C)NC(=O)[C@@H](Cc2ccc(Cl)cc2)CCCOc2ccccc2CCCNC1=O. The number of benzene rings is 2. The van der Waals surface area contributed by atoms with Gasteiger partial charge in [-0.15, -0.1) is 0 Å². The van der Waals surface area contributed by atoms with Gasteiger partial charge >= 0.3 is 0 Å². The molecule has 2 aromatic carbocycles. The van der Waals surface area contributed by atoms with Gasteiger partial charge in [-0.2, -0.15) is 0 Å². The minimum atomic E-state index is -0.786. The van der Waals surface area contributed by atoms with E-state index >= 15 is 0 Å². The lowest BCUT2D eigenvalue weighted by Gasteiger charge is -2.28. The summed E-state index contributed by atoms with van der Waals surface area (Å²) in [6.07, 6.45) is 3.26. The van der Waals surface area contributed by atoms with Crippen LogP contribution in [0.2, 0.25) is 5.02 Å². The van der Waals surface area contributed by atoms with Gasteiger partial charge in [0, 0.05) is 30.1 Å². The van der Waals surface area contributed by atoms with Gasteiger partial charge in [-0.3, -0.25) is 14.4 Å². The third kappa shape index (κ3) is 10.7. The van der Waals surface area contributed by atoms with E-state index in [0.717, 1.165) is 29.7 Å². The number of hydrogen-bond donors (Lipinski definition) is 4. The summed E-state index contributed by atoms with van der Waals surface area (Å²) in [4.78, 5) is 40.3. The summed E-state index contributed by atoms with van der Waals surface area (Å²) in [6.45, 7) is 8.96. The van der Waals surface area contributed by atoms with E-state index < -0.39 is 12.1 Å². The highest BCUT2D eigenvalue weighted by atomic mass is 35.5. The van der Waals surface area contributed by atoms with Crippen molar-refractivity contribution in [3.8, 4) is 5.75 Å². The van der Waals surface area contributed by atoms with Crippen molar-refractivity contribution in [3.63, 3.8) is 0 Å². The average Bonchev–Trinajstić information content (AvgIpc) is 2.94. The summed E-state index contributed by atoms with van der Waals surface area (Å²) in [5, 5.41) is 12.8. The molecule has 224 valence electrons. The Morgan fingerprint density at radius 2 is 1.66 bits per heavy atom. The maximum Gasteiger partial charge on any atom is 0.243 e. The molecule has 41 heavy (non-hydrogen) atoms. The molecule has 1 aliphatic rings. The van der Waals surface area contributed by atoms with Crippen LogP contribution in [0.4, 0.5) is 0 Å². The molecule has 1 aliphatic heterocycles. The Bertz CT molecular complexity index is 1140.